The minimum Gasteiger partial charge on any atom is -0.353 e. The van der Waals surface area contributed by atoms with Gasteiger partial charge in [-0.3, -0.25) is 14.5 Å². The van der Waals surface area contributed by atoms with Crippen LogP contribution in [-0.4, -0.2) is 48.4 Å². The van der Waals surface area contributed by atoms with Crippen LogP contribution < -0.4 is 10.6 Å². The first kappa shape index (κ1) is 15.8. The van der Waals surface area contributed by atoms with E-state index in [1.54, 1.807) is 0 Å². The molecule has 124 valence electrons. The average molecular weight is 307 g/mol. The lowest BCUT2D eigenvalue weighted by Crippen LogP contribution is -2.46. The van der Waals surface area contributed by atoms with Crippen molar-refractivity contribution in [1.82, 2.24) is 15.5 Å². The number of rotatable bonds is 5. The van der Waals surface area contributed by atoms with Gasteiger partial charge in [-0.2, -0.15) is 0 Å². The topological polar surface area (TPSA) is 61.4 Å². The molecular formula is C17H29N3O2. The second-order valence-corrected chi connectivity index (χ2v) is 7.24. The van der Waals surface area contributed by atoms with Crippen LogP contribution in [0.5, 0.6) is 0 Å². The highest BCUT2D eigenvalue weighted by molar-refractivity contribution is 5.80. The predicted octanol–water partition coefficient (Wildman–Crippen LogP) is 1.43. The maximum Gasteiger partial charge on any atom is 0.234 e. The Hall–Kier alpha value is -1.10. The van der Waals surface area contributed by atoms with E-state index in [-0.39, 0.29) is 17.7 Å². The molecule has 3 aliphatic rings. The van der Waals surface area contributed by atoms with Crippen LogP contribution >= 0.6 is 0 Å². The summed E-state index contributed by atoms with van der Waals surface area (Å²) in [4.78, 5) is 26.3. The van der Waals surface area contributed by atoms with Crippen LogP contribution in [-0.2, 0) is 9.59 Å². The van der Waals surface area contributed by atoms with E-state index >= 15 is 0 Å². The van der Waals surface area contributed by atoms with E-state index in [1.165, 1.54) is 19.3 Å². The second-order valence-electron chi connectivity index (χ2n) is 7.24. The zero-order valence-electron chi connectivity index (χ0n) is 13.5. The zero-order valence-corrected chi connectivity index (χ0v) is 13.5. The fraction of sp³-hybridized carbons (Fsp3) is 0.882. The van der Waals surface area contributed by atoms with Crippen LogP contribution in [0, 0.1) is 5.92 Å². The summed E-state index contributed by atoms with van der Waals surface area (Å²) in [7, 11) is 0. The van der Waals surface area contributed by atoms with Gasteiger partial charge in [0.25, 0.3) is 0 Å². The molecule has 1 aliphatic heterocycles. The average Bonchev–Trinajstić information content (AvgIpc) is 3.33. The van der Waals surface area contributed by atoms with Gasteiger partial charge in [-0.15, -0.1) is 0 Å². The number of hydrogen-bond donors (Lipinski definition) is 2. The lowest BCUT2D eigenvalue weighted by Gasteiger charge is -2.31. The van der Waals surface area contributed by atoms with Crippen molar-refractivity contribution in [2.24, 2.45) is 5.92 Å². The highest BCUT2D eigenvalue weighted by atomic mass is 16.2. The Kier molecular flexibility index (Phi) is 5.34. The second kappa shape index (κ2) is 7.44. The summed E-state index contributed by atoms with van der Waals surface area (Å²) < 4.78 is 0. The van der Waals surface area contributed by atoms with E-state index < -0.39 is 0 Å². The molecule has 0 aromatic rings. The molecule has 0 aromatic heterocycles. The van der Waals surface area contributed by atoms with E-state index in [0.717, 1.165) is 51.6 Å². The van der Waals surface area contributed by atoms with Gasteiger partial charge in [-0.1, -0.05) is 19.3 Å². The number of nitrogens with zero attached hydrogens (tertiary/aromatic N) is 1. The third-order valence-electron chi connectivity index (χ3n) is 5.22. The Balaban J connectivity index is 1.34. The molecule has 0 bridgehead atoms. The first-order valence-electron chi connectivity index (χ1n) is 9.03. The van der Waals surface area contributed by atoms with Crippen LogP contribution in [0.2, 0.25) is 0 Å². The standard InChI is InChI=1S/C17H29N3O2/c21-16(18-14-4-2-1-3-5-14)12-20-10-8-13(9-11-20)17(22)19-15-6-7-15/h13-15H,1-12H2,(H,18,21)(H,19,22). The van der Waals surface area contributed by atoms with E-state index in [4.69, 9.17) is 0 Å². The molecule has 2 aliphatic carbocycles. The van der Waals surface area contributed by atoms with Gasteiger partial charge in [0.15, 0.2) is 0 Å². The molecule has 3 fully saturated rings. The van der Waals surface area contributed by atoms with Gasteiger partial charge in [-0.25, -0.2) is 0 Å². The molecule has 0 aromatic carbocycles. The highest BCUT2D eigenvalue weighted by Crippen LogP contribution is 2.22. The van der Waals surface area contributed by atoms with Crippen molar-refractivity contribution in [3.05, 3.63) is 0 Å². The molecule has 3 rings (SSSR count). The first-order valence-corrected chi connectivity index (χ1v) is 9.03. The summed E-state index contributed by atoms with van der Waals surface area (Å²) in [6.07, 6.45) is 10.1. The molecule has 2 saturated carbocycles. The summed E-state index contributed by atoms with van der Waals surface area (Å²) >= 11 is 0. The van der Waals surface area contributed by atoms with Crippen LogP contribution in [0.3, 0.4) is 0 Å². The molecule has 2 N–H and O–H groups in total. The maximum absolute atomic E-state index is 12.1. The Morgan fingerprint density at radius 1 is 0.818 bits per heavy atom. The largest absolute Gasteiger partial charge is 0.353 e. The van der Waals surface area contributed by atoms with Crippen molar-refractivity contribution >= 4 is 11.8 Å². The van der Waals surface area contributed by atoms with Crippen LogP contribution in [0.25, 0.3) is 0 Å². The zero-order chi connectivity index (χ0) is 15.4. The molecule has 0 unspecified atom stereocenters. The van der Waals surface area contributed by atoms with Crippen LogP contribution in [0.1, 0.15) is 57.8 Å². The van der Waals surface area contributed by atoms with Crippen molar-refractivity contribution in [1.29, 1.82) is 0 Å². The van der Waals surface area contributed by atoms with Gasteiger partial charge in [0.05, 0.1) is 6.54 Å². The quantitative estimate of drug-likeness (QED) is 0.807. The molecule has 1 heterocycles. The normalized spacial score (nSPS) is 24.9. The van der Waals surface area contributed by atoms with Crippen molar-refractivity contribution in [2.75, 3.05) is 19.6 Å². The van der Waals surface area contributed by atoms with E-state index in [0.29, 0.717) is 18.6 Å². The maximum atomic E-state index is 12.1. The fourth-order valence-electron chi connectivity index (χ4n) is 3.62. The lowest BCUT2D eigenvalue weighted by atomic mass is 9.95. The van der Waals surface area contributed by atoms with Crippen LogP contribution in [0.4, 0.5) is 0 Å². The molecule has 5 nitrogen and oxygen atoms in total. The number of amides is 2. The summed E-state index contributed by atoms with van der Waals surface area (Å²) in [6.45, 7) is 2.22. The smallest absolute Gasteiger partial charge is 0.234 e. The van der Waals surface area contributed by atoms with Crippen molar-refractivity contribution in [2.45, 2.75) is 69.9 Å². The van der Waals surface area contributed by atoms with Gasteiger partial charge < -0.3 is 10.6 Å². The molecule has 5 heteroatoms. The summed E-state index contributed by atoms with van der Waals surface area (Å²) in [6, 6.07) is 0.843. The van der Waals surface area contributed by atoms with Gasteiger partial charge in [0, 0.05) is 18.0 Å². The van der Waals surface area contributed by atoms with Crippen molar-refractivity contribution < 1.29 is 9.59 Å². The van der Waals surface area contributed by atoms with Gasteiger partial charge in [0.2, 0.25) is 11.8 Å². The van der Waals surface area contributed by atoms with Gasteiger partial charge in [0.1, 0.15) is 0 Å². The number of hydrogen-bond acceptors (Lipinski definition) is 3. The Morgan fingerprint density at radius 3 is 2.09 bits per heavy atom. The van der Waals surface area contributed by atoms with Crippen molar-refractivity contribution in [3.8, 4) is 0 Å². The number of nitrogens with one attached hydrogen (secondary N) is 2. The van der Waals surface area contributed by atoms with Gasteiger partial charge in [-0.05, 0) is 51.6 Å². The highest BCUT2D eigenvalue weighted by Gasteiger charge is 2.30. The summed E-state index contributed by atoms with van der Waals surface area (Å²) in [5.74, 6) is 0.542. The predicted molar refractivity (Wildman–Crippen MR) is 85.3 cm³/mol. The minimum absolute atomic E-state index is 0.151. The molecule has 0 radical (unpaired) electrons. The van der Waals surface area contributed by atoms with Gasteiger partial charge >= 0.3 is 0 Å². The Labute approximate surface area is 133 Å². The first-order chi connectivity index (χ1) is 10.7. The molecule has 2 amide bonds. The fourth-order valence-corrected chi connectivity index (χ4v) is 3.62. The summed E-state index contributed by atoms with van der Waals surface area (Å²) in [5.41, 5.74) is 0. The van der Waals surface area contributed by atoms with E-state index in [1.807, 2.05) is 0 Å². The molecule has 0 atom stereocenters. The molecule has 1 saturated heterocycles. The number of carbonyl (C=O) groups is 2. The molecule has 22 heavy (non-hydrogen) atoms. The third kappa shape index (κ3) is 4.70. The van der Waals surface area contributed by atoms with Crippen molar-refractivity contribution in [3.63, 3.8) is 0 Å². The monoisotopic (exact) mass is 307 g/mol. The minimum atomic E-state index is 0.151. The number of piperidine rings is 1. The van der Waals surface area contributed by atoms with Crippen LogP contribution in [0.15, 0.2) is 0 Å². The Bertz CT molecular complexity index is 395. The molecule has 0 spiro atoms. The number of carbonyl (C=O) groups excluding carboxylic acids is 2. The summed E-state index contributed by atoms with van der Waals surface area (Å²) in [5, 5.41) is 6.27. The lowest BCUT2D eigenvalue weighted by molar-refractivity contribution is -0.127. The third-order valence-corrected chi connectivity index (χ3v) is 5.22. The molecular weight excluding hydrogens is 278 g/mol. The van der Waals surface area contributed by atoms with E-state index in [2.05, 4.69) is 15.5 Å². The SMILES string of the molecule is O=C(CN1CCC(C(=O)NC2CC2)CC1)NC1CCCCC1. The number of likely N-dealkylation sites (tertiary alicyclic amines) is 1. The Morgan fingerprint density at radius 2 is 1.45 bits per heavy atom. The van der Waals surface area contributed by atoms with E-state index in [9.17, 15) is 9.59 Å².